The first-order valence-corrected chi connectivity index (χ1v) is 12.1. The van der Waals surface area contributed by atoms with Crippen LogP contribution in [-0.2, 0) is 32.9 Å². The molecule has 0 aliphatic carbocycles. The maximum atomic E-state index is 13.1. The van der Waals surface area contributed by atoms with E-state index in [1.165, 1.54) is 12.0 Å². The Labute approximate surface area is 211 Å². The summed E-state index contributed by atoms with van der Waals surface area (Å²) in [5, 5.41) is 8.23. The summed E-state index contributed by atoms with van der Waals surface area (Å²) in [7, 11) is 1.50. The van der Waals surface area contributed by atoms with Gasteiger partial charge < -0.3 is 24.7 Å². The van der Waals surface area contributed by atoms with Gasteiger partial charge in [0.1, 0.15) is 17.1 Å². The Bertz CT molecular complexity index is 1490. The number of urea groups is 1. The zero-order valence-electron chi connectivity index (χ0n) is 19.3. The second-order valence-corrected chi connectivity index (χ2v) is 9.19. The highest BCUT2D eigenvalue weighted by molar-refractivity contribution is 7.77. The molecule has 5 N–H and O–H groups in total. The lowest BCUT2D eigenvalue weighted by atomic mass is 9.95. The van der Waals surface area contributed by atoms with Gasteiger partial charge in [0, 0.05) is 23.2 Å². The van der Waals surface area contributed by atoms with E-state index >= 15 is 0 Å². The van der Waals surface area contributed by atoms with Gasteiger partial charge in [-0.3, -0.25) is 29.0 Å². The van der Waals surface area contributed by atoms with E-state index in [0.29, 0.717) is 28.0 Å². The minimum atomic E-state index is -2.47. The lowest BCUT2D eigenvalue weighted by molar-refractivity contribution is -0.125. The molecule has 0 radical (unpaired) electrons. The van der Waals surface area contributed by atoms with Crippen LogP contribution < -0.4 is 25.4 Å². The molecule has 3 aromatic rings. The van der Waals surface area contributed by atoms with Gasteiger partial charge >= 0.3 is 6.03 Å². The first-order chi connectivity index (χ1) is 17.7. The van der Waals surface area contributed by atoms with E-state index in [-0.39, 0.29) is 31.3 Å². The molecule has 1 fully saturated rings. The maximum Gasteiger partial charge on any atom is 0.322 e. The molecule has 2 aliphatic heterocycles. The summed E-state index contributed by atoms with van der Waals surface area (Å²) in [6, 6.07) is 10.9. The van der Waals surface area contributed by atoms with Crippen LogP contribution >= 0.6 is 0 Å². The van der Waals surface area contributed by atoms with Crippen LogP contribution in [-0.4, -0.2) is 57.6 Å². The lowest BCUT2D eigenvalue weighted by Crippen LogP contribution is -2.52. The molecular formula is C23H21N5O8S. The van der Waals surface area contributed by atoms with Gasteiger partial charge in [0.15, 0.2) is 5.54 Å². The standard InChI is InChI=1S/C23H21N5O8S/c1-35-15-4-2-12-10-28(20(30)16(12)8-15)11-23(21(31)25-22(32)26-23)18-7-13-6-14(3-5-17(13)36-18)24-9-19(29)27-37(33)34/h2-8,24H,9-11H2,1H3,(H,27,29)(H,33,34)(H2,25,26,31,32). The average molecular weight is 528 g/mol. The number of hydrogen-bond donors (Lipinski definition) is 5. The Morgan fingerprint density at radius 3 is 2.73 bits per heavy atom. The summed E-state index contributed by atoms with van der Waals surface area (Å²) in [5.41, 5.74) is 0.451. The molecular weight excluding hydrogens is 506 g/mol. The van der Waals surface area contributed by atoms with Crippen molar-refractivity contribution in [2.24, 2.45) is 0 Å². The number of nitrogens with zero attached hydrogens (tertiary/aromatic N) is 1. The van der Waals surface area contributed by atoms with E-state index in [1.54, 1.807) is 42.5 Å². The van der Waals surface area contributed by atoms with Crippen LogP contribution in [0.2, 0.25) is 0 Å². The van der Waals surface area contributed by atoms with Crippen molar-refractivity contribution in [3.8, 4) is 5.75 Å². The highest BCUT2D eigenvalue weighted by Crippen LogP contribution is 2.35. The van der Waals surface area contributed by atoms with Crippen molar-refractivity contribution in [2.75, 3.05) is 25.5 Å². The molecule has 14 heteroatoms. The molecule has 2 atom stereocenters. The van der Waals surface area contributed by atoms with Crippen molar-refractivity contribution in [3.05, 3.63) is 59.4 Å². The normalized spacial score (nSPS) is 19.4. The van der Waals surface area contributed by atoms with Crippen molar-refractivity contribution < 1.29 is 37.1 Å². The molecule has 0 spiro atoms. The molecule has 0 saturated carbocycles. The smallest absolute Gasteiger partial charge is 0.322 e. The Hall–Kier alpha value is -4.43. The Morgan fingerprint density at radius 1 is 1.22 bits per heavy atom. The van der Waals surface area contributed by atoms with Crippen molar-refractivity contribution in [2.45, 2.75) is 12.1 Å². The van der Waals surface area contributed by atoms with Gasteiger partial charge in [0.2, 0.25) is 0 Å². The first-order valence-electron chi connectivity index (χ1n) is 11.0. The largest absolute Gasteiger partial charge is 0.497 e. The third-order valence-electron chi connectivity index (χ3n) is 6.16. The molecule has 2 aromatic carbocycles. The van der Waals surface area contributed by atoms with Crippen LogP contribution in [0.4, 0.5) is 10.5 Å². The summed E-state index contributed by atoms with van der Waals surface area (Å²) < 4.78 is 32.4. The van der Waals surface area contributed by atoms with Crippen LogP contribution in [0.3, 0.4) is 0 Å². The van der Waals surface area contributed by atoms with Crippen LogP contribution in [0.25, 0.3) is 11.0 Å². The molecule has 1 saturated heterocycles. The van der Waals surface area contributed by atoms with Crippen molar-refractivity contribution >= 4 is 51.7 Å². The Balaban J connectivity index is 1.43. The number of nitrogens with one attached hydrogen (secondary N) is 4. The van der Waals surface area contributed by atoms with Gasteiger partial charge in [0.25, 0.3) is 29.0 Å². The minimum Gasteiger partial charge on any atom is -0.497 e. The molecule has 2 aliphatic rings. The second kappa shape index (κ2) is 9.22. The maximum absolute atomic E-state index is 13.1. The number of imide groups is 1. The molecule has 192 valence electrons. The number of furan rings is 1. The van der Waals surface area contributed by atoms with Crippen LogP contribution in [0.5, 0.6) is 5.75 Å². The van der Waals surface area contributed by atoms with Gasteiger partial charge in [0.05, 0.1) is 20.2 Å². The van der Waals surface area contributed by atoms with E-state index in [0.717, 1.165) is 5.56 Å². The highest BCUT2D eigenvalue weighted by atomic mass is 32.2. The lowest BCUT2D eigenvalue weighted by Gasteiger charge is -2.29. The number of carbonyl (C=O) groups is 4. The van der Waals surface area contributed by atoms with Crippen molar-refractivity contribution in [3.63, 3.8) is 0 Å². The van der Waals surface area contributed by atoms with Gasteiger partial charge in [-0.15, -0.1) is 0 Å². The van der Waals surface area contributed by atoms with E-state index in [9.17, 15) is 23.4 Å². The average Bonchev–Trinajstić information content (AvgIpc) is 3.50. The molecule has 5 amide bonds. The minimum absolute atomic E-state index is 0.123. The Morgan fingerprint density at radius 2 is 2.03 bits per heavy atom. The zero-order chi connectivity index (χ0) is 26.3. The van der Waals surface area contributed by atoms with Crippen LogP contribution in [0.1, 0.15) is 21.7 Å². The summed E-state index contributed by atoms with van der Waals surface area (Å²) in [4.78, 5) is 51.5. The van der Waals surface area contributed by atoms with E-state index in [1.807, 2.05) is 4.72 Å². The summed E-state index contributed by atoms with van der Waals surface area (Å²) in [6.45, 7) is -0.199. The number of fused-ring (bicyclic) bond motifs is 2. The zero-order valence-corrected chi connectivity index (χ0v) is 20.1. The molecule has 2 unspecified atom stereocenters. The van der Waals surface area contributed by atoms with E-state index in [2.05, 4.69) is 16.0 Å². The van der Waals surface area contributed by atoms with Gasteiger partial charge in [-0.25, -0.2) is 9.00 Å². The third-order valence-corrected chi connectivity index (χ3v) is 6.56. The molecule has 13 nitrogen and oxygen atoms in total. The molecule has 3 heterocycles. The molecule has 0 bridgehead atoms. The number of ether oxygens (including phenoxy) is 1. The van der Waals surface area contributed by atoms with Gasteiger partial charge in [-0.05, 0) is 42.0 Å². The second-order valence-electron chi connectivity index (χ2n) is 8.49. The molecule has 5 rings (SSSR count). The van der Waals surface area contributed by atoms with Crippen LogP contribution in [0, 0.1) is 0 Å². The number of methoxy groups -OCH3 is 1. The predicted molar refractivity (Wildman–Crippen MR) is 130 cm³/mol. The quantitative estimate of drug-likeness (QED) is 0.209. The van der Waals surface area contributed by atoms with Gasteiger partial charge in [-0.2, -0.15) is 0 Å². The van der Waals surface area contributed by atoms with Crippen molar-refractivity contribution in [1.29, 1.82) is 0 Å². The van der Waals surface area contributed by atoms with E-state index < -0.39 is 34.7 Å². The number of amides is 5. The fourth-order valence-corrected chi connectivity index (χ4v) is 4.68. The number of hydrogen-bond acceptors (Lipinski definition) is 8. The van der Waals surface area contributed by atoms with Gasteiger partial charge in [-0.1, -0.05) is 6.07 Å². The number of carbonyl (C=O) groups excluding carboxylic acids is 4. The third kappa shape index (κ3) is 4.47. The SMILES string of the molecule is COc1ccc2c(c1)C(=O)N(CC1(c3cc4cc(NCC(=O)NS(=O)O)ccc4o3)NC(=O)NC1=O)C2. The summed E-state index contributed by atoms with van der Waals surface area (Å²) in [6.07, 6.45) is 0. The number of anilines is 1. The number of rotatable bonds is 8. The summed E-state index contributed by atoms with van der Waals surface area (Å²) >= 11 is -2.47. The predicted octanol–water partition coefficient (Wildman–Crippen LogP) is 0.797. The van der Waals surface area contributed by atoms with E-state index in [4.69, 9.17) is 13.7 Å². The molecule has 37 heavy (non-hydrogen) atoms. The molecule has 1 aromatic heterocycles. The number of benzene rings is 2. The summed E-state index contributed by atoms with van der Waals surface area (Å²) in [5.74, 6) is -1.01. The monoisotopic (exact) mass is 527 g/mol. The first kappa shape index (κ1) is 24.3. The topological polar surface area (TPSA) is 179 Å². The fourth-order valence-electron chi connectivity index (χ4n) is 4.42. The Kier molecular flexibility index (Phi) is 6.05. The van der Waals surface area contributed by atoms with Crippen molar-refractivity contribution in [1.82, 2.24) is 20.3 Å². The highest BCUT2D eigenvalue weighted by Gasteiger charge is 2.53. The fraction of sp³-hybridized carbons (Fsp3) is 0.217. The van der Waals surface area contributed by atoms with Crippen LogP contribution in [0.15, 0.2) is 46.9 Å².